The first-order chi connectivity index (χ1) is 12.3. The van der Waals surface area contributed by atoms with Crippen LogP contribution in [-0.2, 0) is 13.3 Å². The molecule has 1 aromatic carbocycles. The summed E-state index contributed by atoms with van der Waals surface area (Å²) in [6, 6.07) is 9.12. The van der Waals surface area contributed by atoms with Crippen molar-refractivity contribution in [2.24, 2.45) is 4.99 Å². The quantitative estimate of drug-likeness (QED) is 0.506. The zero-order valence-electron chi connectivity index (χ0n) is 14.4. The first kappa shape index (κ1) is 16.9. The molecule has 0 saturated carbocycles. The van der Waals surface area contributed by atoms with E-state index in [1.807, 2.05) is 18.5 Å². The van der Waals surface area contributed by atoms with Crippen molar-refractivity contribution in [2.45, 2.75) is 12.5 Å². The standard InChI is InChI=1S/C18H25N3O3Si/c1-2-5-18-17(4-1)16(15-20-18)14-19-6-3-13-25-22-10-7-21(8-11-23-25)9-12-24-25/h1-2,4-5,14-15,20H,3,6-13H2. The van der Waals surface area contributed by atoms with Crippen LogP contribution < -0.4 is 0 Å². The van der Waals surface area contributed by atoms with E-state index in [9.17, 15) is 0 Å². The van der Waals surface area contributed by atoms with E-state index in [0.717, 1.165) is 49.7 Å². The Hall–Kier alpha value is -1.51. The first-order valence-corrected chi connectivity index (χ1v) is 11.0. The highest BCUT2D eigenvalue weighted by molar-refractivity contribution is 6.60. The smallest absolute Gasteiger partial charge is 0.372 e. The van der Waals surface area contributed by atoms with E-state index < -0.39 is 8.80 Å². The van der Waals surface area contributed by atoms with E-state index in [0.29, 0.717) is 19.8 Å². The van der Waals surface area contributed by atoms with Crippen molar-refractivity contribution in [2.75, 3.05) is 46.0 Å². The lowest BCUT2D eigenvalue weighted by molar-refractivity contribution is -0.00841. The topological polar surface area (TPSA) is 59.1 Å². The Labute approximate surface area is 149 Å². The largest absolute Gasteiger partial charge is 0.501 e. The van der Waals surface area contributed by atoms with Gasteiger partial charge in [-0.25, -0.2) is 0 Å². The third-order valence-electron chi connectivity index (χ3n) is 4.81. The average Bonchev–Trinajstić information content (AvgIpc) is 2.98. The van der Waals surface area contributed by atoms with Crippen LogP contribution in [0.4, 0.5) is 0 Å². The molecule has 0 unspecified atom stereocenters. The van der Waals surface area contributed by atoms with Crippen LogP contribution in [0.1, 0.15) is 12.0 Å². The second-order valence-electron chi connectivity index (χ2n) is 6.50. The lowest BCUT2D eigenvalue weighted by Gasteiger charge is -2.38. The van der Waals surface area contributed by atoms with Crippen LogP contribution in [0.2, 0.25) is 6.04 Å². The summed E-state index contributed by atoms with van der Waals surface area (Å²) < 4.78 is 18.1. The fourth-order valence-electron chi connectivity index (χ4n) is 3.42. The van der Waals surface area contributed by atoms with Gasteiger partial charge in [-0.05, 0) is 12.5 Å². The van der Waals surface area contributed by atoms with E-state index in [1.54, 1.807) is 0 Å². The second-order valence-corrected chi connectivity index (χ2v) is 9.23. The molecular weight excluding hydrogens is 334 g/mol. The van der Waals surface area contributed by atoms with E-state index >= 15 is 0 Å². The number of rotatable bonds is 5. The minimum atomic E-state index is -2.49. The lowest BCUT2D eigenvalue weighted by atomic mass is 10.2. The predicted octanol–water partition coefficient (Wildman–Crippen LogP) is 2.29. The van der Waals surface area contributed by atoms with Gasteiger partial charge in [-0.3, -0.25) is 9.89 Å². The molecule has 0 aliphatic carbocycles. The summed E-state index contributed by atoms with van der Waals surface area (Å²) in [7, 11) is -2.49. The molecule has 1 N–H and O–H groups in total. The van der Waals surface area contributed by atoms with Gasteiger partial charge in [0.05, 0.1) is 19.8 Å². The molecule has 6 nitrogen and oxygen atoms in total. The average molecular weight is 360 g/mol. The Kier molecular flexibility index (Phi) is 5.28. The summed E-state index contributed by atoms with van der Waals surface area (Å²) in [6.45, 7) is 5.86. The van der Waals surface area contributed by atoms with Crippen LogP contribution in [0, 0.1) is 0 Å². The van der Waals surface area contributed by atoms with Gasteiger partial charge in [0.1, 0.15) is 0 Å². The molecule has 2 bridgehead atoms. The van der Waals surface area contributed by atoms with Gasteiger partial charge >= 0.3 is 8.80 Å². The van der Waals surface area contributed by atoms with Crippen molar-refractivity contribution < 1.29 is 13.3 Å². The normalized spacial score (nSPS) is 27.4. The minimum absolute atomic E-state index is 0.713. The van der Waals surface area contributed by atoms with Crippen LogP contribution in [0.25, 0.3) is 10.9 Å². The maximum absolute atomic E-state index is 6.05. The highest BCUT2D eigenvalue weighted by Crippen LogP contribution is 2.22. The molecule has 5 rings (SSSR count). The van der Waals surface area contributed by atoms with Crippen LogP contribution in [0.15, 0.2) is 35.5 Å². The second kappa shape index (κ2) is 7.80. The number of para-hydroxylation sites is 1. The fraction of sp³-hybridized carbons (Fsp3) is 0.500. The van der Waals surface area contributed by atoms with Crippen LogP contribution in [0.5, 0.6) is 0 Å². The molecule has 1 aromatic heterocycles. The number of aromatic nitrogens is 1. The minimum Gasteiger partial charge on any atom is -0.372 e. The van der Waals surface area contributed by atoms with Gasteiger partial charge in [0.25, 0.3) is 0 Å². The van der Waals surface area contributed by atoms with E-state index in [4.69, 9.17) is 13.3 Å². The Morgan fingerprint density at radius 1 is 1.08 bits per heavy atom. The number of nitrogens with zero attached hydrogens (tertiary/aromatic N) is 2. The van der Waals surface area contributed by atoms with Gasteiger partial charge < -0.3 is 18.3 Å². The number of benzene rings is 1. The Morgan fingerprint density at radius 3 is 2.56 bits per heavy atom. The highest BCUT2D eigenvalue weighted by Gasteiger charge is 2.43. The van der Waals surface area contributed by atoms with Crippen molar-refractivity contribution in [3.05, 3.63) is 36.0 Å². The Bertz CT molecular complexity index is 707. The summed E-state index contributed by atoms with van der Waals surface area (Å²) >= 11 is 0. The monoisotopic (exact) mass is 359 g/mol. The van der Waals surface area contributed by atoms with Gasteiger partial charge in [-0.2, -0.15) is 0 Å². The molecule has 7 heteroatoms. The third-order valence-corrected chi connectivity index (χ3v) is 7.71. The molecular formula is C18H25N3O3Si. The van der Waals surface area contributed by atoms with Gasteiger partial charge in [0.15, 0.2) is 0 Å². The molecule has 3 aliphatic rings. The van der Waals surface area contributed by atoms with Crippen LogP contribution in [0.3, 0.4) is 0 Å². The molecule has 3 fully saturated rings. The number of hydrogen-bond acceptors (Lipinski definition) is 5. The molecule has 25 heavy (non-hydrogen) atoms. The number of fused-ring (bicyclic) bond motifs is 7. The van der Waals surface area contributed by atoms with Crippen molar-refractivity contribution in [3.63, 3.8) is 0 Å². The Morgan fingerprint density at radius 2 is 1.80 bits per heavy atom. The summed E-state index contributed by atoms with van der Waals surface area (Å²) in [4.78, 5) is 10.2. The molecule has 0 spiro atoms. The van der Waals surface area contributed by atoms with Crippen LogP contribution >= 0.6 is 0 Å². The number of hydrogen-bond donors (Lipinski definition) is 1. The van der Waals surface area contributed by atoms with Gasteiger partial charge in [-0.1, -0.05) is 18.2 Å². The molecule has 4 heterocycles. The number of H-pyrrole nitrogens is 1. The molecule has 134 valence electrons. The fourth-order valence-corrected chi connectivity index (χ4v) is 5.90. The van der Waals surface area contributed by atoms with Crippen molar-refractivity contribution >= 4 is 25.9 Å². The summed E-state index contributed by atoms with van der Waals surface area (Å²) in [5, 5.41) is 1.21. The zero-order valence-corrected chi connectivity index (χ0v) is 15.4. The molecule has 2 aromatic rings. The lowest BCUT2D eigenvalue weighted by Crippen LogP contribution is -2.55. The first-order valence-electron chi connectivity index (χ1n) is 9.05. The van der Waals surface area contributed by atoms with Crippen LogP contribution in [-0.4, -0.2) is 70.9 Å². The molecule has 0 atom stereocenters. The van der Waals surface area contributed by atoms with Crippen molar-refractivity contribution in [1.82, 2.24) is 9.88 Å². The summed E-state index contributed by atoms with van der Waals surface area (Å²) in [5.74, 6) is 0. The maximum atomic E-state index is 6.05. The number of aromatic amines is 1. The molecule has 3 aliphatic heterocycles. The number of nitrogens with one attached hydrogen (secondary N) is 1. The van der Waals surface area contributed by atoms with Crippen molar-refractivity contribution in [3.8, 4) is 0 Å². The highest BCUT2D eigenvalue weighted by atomic mass is 28.4. The zero-order chi connectivity index (χ0) is 17.0. The van der Waals surface area contributed by atoms with Gasteiger partial charge in [-0.15, -0.1) is 0 Å². The molecule has 0 radical (unpaired) electrons. The number of aliphatic imine (C=N–C) groups is 1. The maximum Gasteiger partial charge on any atom is 0.501 e. The molecule has 0 amide bonds. The van der Waals surface area contributed by atoms with E-state index in [1.165, 1.54) is 5.39 Å². The van der Waals surface area contributed by atoms with Gasteiger partial charge in [0.2, 0.25) is 0 Å². The third kappa shape index (κ3) is 4.01. The Balaban J connectivity index is 1.32. The summed E-state index contributed by atoms with van der Waals surface area (Å²) in [6.07, 6.45) is 4.88. The SMILES string of the molecule is C(=NCCC[Si]12OCCN(CCO1)CCO2)c1c[nH]c2ccccc12. The van der Waals surface area contributed by atoms with Crippen molar-refractivity contribution in [1.29, 1.82) is 0 Å². The van der Waals surface area contributed by atoms with E-state index in [-0.39, 0.29) is 0 Å². The predicted molar refractivity (Wildman–Crippen MR) is 100 cm³/mol. The van der Waals surface area contributed by atoms with E-state index in [2.05, 4.69) is 33.1 Å². The summed E-state index contributed by atoms with van der Waals surface area (Å²) in [5.41, 5.74) is 2.27. The molecule has 3 saturated heterocycles. The van der Waals surface area contributed by atoms with Gasteiger partial charge in [0, 0.05) is 61.1 Å².